The molecule has 0 fully saturated rings. The van der Waals surface area contributed by atoms with Crippen LogP contribution in [0, 0.1) is 10.1 Å². The number of anilines is 1. The predicted octanol–water partition coefficient (Wildman–Crippen LogP) is 2.74. The van der Waals surface area contributed by atoms with Gasteiger partial charge >= 0.3 is 5.69 Å². The molecule has 0 radical (unpaired) electrons. The summed E-state index contributed by atoms with van der Waals surface area (Å²) in [5.74, 6) is 0. The van der Waals surface area contributed by atoms with Crippen LogP contribution in [0.4, 0.5) is 11.4 Å². The van der Waals surface area contributed by atoms with E-state index in [-0.39, 0.29) is 11.2 Å². The number of nitro benzene ring substituents is 1. The van der Waals surface area contributed by atoms with Crippen LogP contribution in [0.2, 0.25) is 0 Å². The molecular formula is C13H10N4O3. The van der Waals surface area contributed by atoms with E-state index < -0.39 is 4.92 Å². The quantitative estimate of drug-likeness (QED) is 0.578. The SMILES string of the molecule is O=[N+]([O-])c1c(NCc2ccccc2)ccc2nonc12. The maximum atomic E-state index is 11.2. The van der Waals surface area contributed by atoms with Gasteiger partial charge in [0.05, 0.1) is 4.92 Å². The van der Waals surface area contributed by atoms with E-state index in [1.165, 1.54) is 0 Å². The van der Waals surface area contributed by atoms with Gasteiger partial charge in [0.25, 0.3) is 0 Å². The van der Waals surface area contributed by atoms with Gasteiger partial charge < -0.3 is 5.32 Å². The molecule has 0 bridgehead atoms. The number of benzene rings is 2. The van der Waals surface area contributed by atoms with Gasteiger partial charge in [-0.05, 0) is 28.0 Å². The second-order valence-corrected chi connectivity index (χ2v) is 4.19. The Morgan fingerprint density at radius 1 is 1.15 bits per heavy atom. The van der Waals surface area contributed by atoms with Crippen molar-refractivity contribution in [1.29, 1.82) is 0 Å². The average Bonchev–Trinajstić information content (AvgIpc) is 2.93. The van der Waals surface area contributed by atoms with Gasteiger partial charge in [-0.2, -0.15) is 0 Å². The lowest BCUT2D eigenvalue weighted by Gasteiger charge is -2.06. The van der Waals surface area contributed by atoms with Crippen LogP contribution < -0.4 is 5.32 Å². The monoisotopic (exact) mass is 270 g/mol. The highest BCUT2D eigenvalue weighted by molar-refractivity contribution is 5.90. The van der Waals surface area contributed by atoms with E-state index in [2.05, 4.69) is 20.3 Å². The van der Waals surface area contributed by atoms with Crippen molar-refractivity contribution in [2.24, 2.45) is 0 Å². The average molecular weight is 270 g/mol. The first-order chi connectivity index (χ1) is 9.75. The van der Waals surface area contributed by atoms with Crippen LogP contribution in [0.5, 0.6) is 0 Å². The molecule has 7 heteroatoms. The summed E-state index contributed by atoms with van der Waals surface area (Å²) >= 11 is 0. The van der Waals surface area contributed by atoms with Crippen LogP contribution in [0.3, 0.4) is 0 Å². The lowest BCUT2D eigenvalue weighted by molar-refractivity contribution is -0.382. The summed E-state index contributed by atoms with van der Waals surface area (Å²) in [5, 5.41) is 21.4. The molecule has 0 amide bonds. The lowest BCUT2D eigenvalue weighted by Crippen LogP contribution is -2.03. The summed E-state index contributed by atoms with van der Waals surface area (Å²) in [7, 11) is 0. The standard InChI is InChI=1S/C13H10N4O3/c18-17(19)13-11(7-6-10-12(13)16-20-15-10)14-8-9-4-2-1-3-5-9/h1-7,14H,8H2. The van der Waals surface area contributed by atoms with Crippen LogP contribution in [-0.2, 0) is 6.54 Å². The van der Waals surface area contributed by atoms with Gasteiger partial charge in [0, 0.05) is 6.54 Å². The number of nitrogens with zero attached hydrogens (tertiary/aromatic N) is 3. The Balaban J connectivity index is 1.94. The molecule has 7 nitrogen and oxygen atoms in total. The topological polar surface area (TPSA) is 94.1 Å². The summed E-state index contributed by atoms with van der Waals surface area (Å²) in [6.07, 6.45) is 0. The zero-order valence-corrected chi connectivity index (χ0v) is 10.3. The summed E-state index contributed by atoms with van der Waals surface area (Å²) in [4.78, 5) is 10.7. The Morgan fingerprint density at radius 3 is 2.70 bits per heavy atom. The molecule has 0 saturated carbocycles. The molecule has 20 heavy (non-hydrogen) atoms. The minimum absolute atomic E-state index is 0.125. The van der Waals surface area contributed by atoms with Gasteiger partial charge in [-0.3, -0.25) is 10.1 Å². The predicted molar refractivity (Wildman–Crippen MR) is 72.2 cm³/mol. The summed E-state index contributed by atoms with van der Waals surface area (Å²) < 4.78 is 4.54. The molecule has 100 valence electrons. The third kappa shape index (κ3) is 2.16. The van der Waals surface area contributed by atoms with Crippen LogP contribution in [0.25, 0.3) is 11.0 Å². The Morgan fingerprint density at radius 2 is 1.95 bits per heavy atom. The smallest absolute Gasteiger partial charge is 0.323 e. The molecule has 0 spiro atoms. The molecule has 0 unspecified atom stereocenters. The zero-order chi connectivity index (χ0) is 13.9. The first kappa shape index (κ1) is 12.1. The normalized spacial score (nSPS) is 10.6. The van der Waals surface area contributed by atoms with E-state index in [0.29, 0.717) is 17.7 Å². The van der Waals surface area contributed by atoms with Crippen molar-refractivity contribution in [3.63, 3.8) is 0 Å². The summed E-state index contributed by atoms with van der Waals surface area (Å²) in [6.45, 7) is 0.485. The zero-order valence-electron chi connectivity index (χ0n) is 10.3. The second kappa shape index (κ2) is 4.96. The maximum Gasteiger partial charge on any atom is 0.323 e. The Labute approximate surface area is 113 Å². The largest absolute Gasteiger partial charge is 0.375 e. The molecule has 1 N–H and O–H groups in total. The first-order valence-corrected chi connectivity index (χ1v) is 5.93. The van der Waals surface area contributed by atoms with Crippen LogP contribution in [-0.4, -0.2) is 15.2 Å². The second-order valence-electron chi connectivity index (χ2n) is 4.19. The van der Waals surface area contributed by atoms with Gasteiger partial charge in [0.1, 0.15) is 11.2 Å². The fourth-order valence-corrected chi connectivity index (χ4v) is 1.96. The van der Waals surface area contributed by atoms with Crippen molar-refractivity contribution >= 4 is 22.4 Å². The van der Waals surface area contributed by atoms with Gasteiger partial charge in [0.15, 0.2) is 0 Å². The number of hydrogen-bond acceptors (Lipinski definition) is 6. The highest BCUT2D eigenvalue weighted by Crippen LogP contribution is 2.31. The van der Waals surface area contributed by atoms with Crippen molar-refractivity contribution in [3.05, 3.63) is 58.1 Å². The first-order valence-electron chi connectivity index (χ1n) is 5.93. The molecule has 1 heterocycles. The molecule has 0 saturated heterocycles. The maximum absolute atomic E-state index is 11.2. The number of rotatable bonds is 4. The Hall–Kier alpha value is -2.96. The van der Waals surface area contributed by atoms with Crippen molar-refractivity contribution in [2.75, 3.05) is 5.32 Å². The third-order valence-electron chi connectivity index (χ3n) is 2.91. The van der Waals surface area contributed by atoms with Crippen LogP contribution in [0.15, 0.2) is 47.1 Å². The molecule has 0 aliphatic rings. The van der Waals surface area contributed by atoms with Gasteiger partial charge in [-0.25, -0.2) is 4.63 Å². The summed E-state index contributed by atoms with van der Waals surface area (Å²) in [6, 6.07) is 12.9. The fraction of sp³-hybridized carbons (Fsp3) is 0.0769. The van der Waals surface area contributed by atoms with Crippen LogP contribution >= 0.6 is 0 Å². The van der Waals surface area contributed by atoms with E-state index in [0.717, 1.165) is 5.56 Å². The van der Waals surface area contributed by atoms with Crippen LogP contribution in [0.1, 0.15) is 5.56 Å². The number of aromatic nitrogens is 2. The number of hydrogen-bond donors (Lipinski definition) is 1. The minimum atomic E-state index is -0.486. The van der Waals surface area contributed by atoms with E-state index in [1.54, 1.807) is 12.1 Å². The molecule has 0 atom stereocenters. The van der Waals surface area contributed by atoms with Gasteiger partial charge in [0.2, 0.25) is 5.52 Å². The molecular weight excluding hydrogens is 260 g/mol. The molecule has 0 aliphatic heterocycles. The number of fused-ring (bicyclic) bond motifs is 1. The minimum Gasteiger partial charge on any atom is -0.375 e. The number of nitro groups is 1. The van der Waals surface area contributed by atoms with E-state index in [9.17, 15) is 10.1 Å². The molecule has 2 aromatic carbocycles. The highest BCUT2D eigenvalue weighted by Gasteiger charge is 2.22. The fourth-order valence-electron chi connectivity index (χ4n) is 1.96. The number of nitrogens with one attached hydrogen (secondary N) is 1. The van der Waals surface area contributed by atoms with E-state index >= 15 is 0 Å². The van der Waals surface area contributed by atoms with Gasteiger partial charge in [-0.15, -0.1) is 0 Å². The van der Waals surface area contributed by atoms with E-state index in [1.807, 2.05) is 30.3 Å². The van der Waals surface area contributed by atoms with Crippen molar-refractivity contribution in [3.8, 4) is 0 Å². The molecule has 0 aliphatic carbocycles. The summed E-state index contributed by atoms with van der Waals surface area (Å²) in [5.41, 5.74) is 1.80. The molecule has 3 aromatic rings. The lowest BCUT2D eigenvalue weighted by atomic mass is 10.2. The molecule has 1 aromatic heterocycles. The molecule has 3 rings (SSSR count). The van der Waals surface area contributed by atoms with Crippen molar-refractivity contribution in [2.45, 2.75) is 6.54 Å². The highest BCUT2D eigenvalue weighted by atomic mass is 16.6. The Kier molecular flexibility index (Phi) is 3.00. The Bertz CT molecular complexity index is 755. The van der Waals surface area contributed by atoms with Crippen molar-refractivity contribution in [1.82, 2.24) is 10.3 Å². The van der Waals surface area contributed by atoms with Gasteiger partial charge in [-0.1, -0.05) is 30.3 Å². The van der Waals surface area contributed by atoms with E-state index in [4.69, 9.17) is 0 Å². The third-order valence-corrected chi connectivity index (χ3v) is 2.91. The van der Waals surface area contributed by atoms with Crippen molar-refractivity contribution < 1.29 is 9.55 Å².